The third kappa shape index (κ3) is 3.00. The van der Waals surface area contributed by atoms with E-state index in [-0.39, 0.29) is 11.3 Å². The Labute approximate surface area is 116 Å². The maximum Gasteiger partial charge on any atom is 0.416 e. The number of rotatable bonds is 2. The Morgan fingerprint density at radius 3 is 2.60 bits per heavy atom. The number of alkyl halides is 3. The van der Waals surface area contributed by atoms with Crippen LogP contribution in [0.2, 0.25) is 0 Å². The van der Waals surface area contributed by atoms with Crippen molar-refractivity contribution in [3.63, 3.8) is 0 Å². The van der Waals surface area contributed by atoms with Gasteiger partial charge in [-0.15, -0.1) is 0 Å². The lowest BCUT2D eigenvalue weighted by Gasteiger charge is -2.41. The quantitative estimate of drug-likeness (QED) is 0.849. The Kier molecular flexibility index (Phi) is 3.86. The molecule has 0 aromatic heterocycles. The summed E-state index contributed by atoms with van der Waals surface area (Å²) in [5.74, 6) is 0. The molecule has 3 nitrogen and oxygen atoms in total. The van der Waals surface area contributed by atoms with Crippen molar-refractivity contribution in [3.8, 4) is 0 Å². The lowest BCUT2D eigenvalue weighted by Crippen LogP contribution is -2.47. The van der Waals surface area contributed by atoms with E-state index in [1.807, 2.05) is 11.8 Å². The second-order valence-electron chi connectivity index (χ2n) is 5.45. The molecular formula is C14H19F3N2O. The van der Waals surface area contributed by atoms with Crippen LogP contribution in [0.4, 0.5) is 24.5 Å². The molecule has 1 fully saturated rings. The minimum Gasteiger partial charge on any atom is -0.397 e. The van der Waals surface area contributed by atoms with Gasteiger partial charge in [-0.05, 0) is 38.0 Å². The van der Waals surface area contributed by atoms with Crippen LogP contribution in [0.3, 0.4) is 0 Å². The van der Waals surface area contributed by atoms with E-state index in [0.29, 0.717) is 12.2 Å². The number of nitrogen functional groups attached to an aromatic ring is 1. The molecule has 1 aliphatic heterocycles. The van der Waals surface area contributed by atoms with E-state index in [2.05, 4.69) is 0 Å². The van der Waals surface area contributed by atoms with E-state index in [9.17, 15) is 13.2 Å². The Morgan fingerprint density at radius 1 is 1.35 bits per heavy atom. The number of ether oxygens (including phenoxy) is 1. The molecule has 1 aromatic carbocycles. The number of methoxy groups -OCH3 is 1. The van der Waals surface area contributed by atoms with Crippen LogP contribution in [0.15, 0.2) is 18.2 Å². The van der Waals surface area contributed by atoms with Gasteiger partial charge >= 0.3 is 6.18 Å². The second kappa shape index (κ2) is 5.16. The zero-order valence-corrected chi connectivity index (χ0v) is 11.6. The molecule has 6 heteroatoms. The molecule has 0 aliphatic carbocycles. The third-order valence-electron chi connectivity index (χ3n) is 3.85. The number of benzene rings is 1. The van der Waals surface area contributed by atoms with Crippen molar-refractivity contribution in [2.75, 3.05) is 30.8 Å². The zero-order chi connectivity index (χ0) is 15.0. The average molecular weight is 288 g/mol. The summed E-state index contributed by atoms with van der Waals surface area (Å²) in [5.41, 5.74) is 5.59. The fraction of sp³-hybridized carbons (Fsp3) is 0.571. The average Bonchev–Trinajstić information content (AvgIpc) is 2.37. The first-order chi connectivity index (χ1) is 9.25. The minimum absolute atomic E-state index is 0.153. The fourth-order valence-corrected chi connectivity index (χ4v) is 2.60. The summed E-state index contributed by atoms with van der Waals surface area (Å²) in [4.78, 5) is 1.99. The minimum atomic E-state index is -4.37. The van der Waals surface area contributed by atoms with E-state index in [4.69, 9.17) is 10.5 Å². The molecule has 1 aliphatic rings. The van der Waals surface area contributed by atoms with E-state index in [0.717, 1.165) is 31.5 Å². The summed E-state index contributed by atoms with van der Waals surface area (Å²) in [6.07, 6.45) is -2.51. The summed E-state index contributed by atoms with van der Waals surface area (Å²) in [6.45, 7) is 3.40. The first kappa shape index (κ1) is 15.0. The van der Waals surface area contributed by atoms with Gasteiger partial charge < -0.3 is 15.4 Å². The summed E-state index contributed by atoms with van der Waals surface area (Å²) in [5, 5.41) is 0. The zero-order valence-electron chi connectivity index (χ0n) is 11.6. The number of hydrogen-bond donors (Lipinski definition) is 1. The molecule has 1 atom stereocenters. The lowest BCUT2D eigenvalue weighted by molar-refractivity contribution is -0.137. The van der Waals surface area contributed by atoms with Crippen molar-refractivity contribution in [3.05, 3.63) is 23.8 Å². The highest BCUT2D eigenvalue weighted by Crippen LogP contribution is 2.36. The van der Waals surface area contributed by atoms with Gasteiger partial charge in [0.15, 0.2) is 0 Å². The standard InChI is InChI=1S/C14H19F3N2O/c1-13(20-2)6-3-7-19(9-13)12-5-4-10(8-11(12)18)14(15,16)17/h4-5,8H,3,6-7,9,18H2,1-2H3. The van der Waals surface area contributed by atoms with Crippen LogP contribution in [-0.4, -0.2) is 25.8 Å². The summed E-state index contributed by atoms with van der Waals surface area (Å²) in [6, 6.07) is 3.51. The monoisotopic (exact) mass is 288 g/mol. The van der Waals surface area contributed by atoms with Crippen LogP contribution < -0.4 is 10.6 Å². The molecule has 2 N–H and O–H groups in total. The molecule has 112 valence electrons. The Balaban J connectivity index is 2.25. The Hall–Kier alpha value is -1.43. The smallest absolute Gasteiger partial charge is 0.397 e. The van der Waals surface area contributed by atoms with E-state index < -0.39 is 11.7 Å². The molecule has 1 heterocycles. The summed E-state index contributed by atoms with van der Waals surface area (Å²) < 4.78 is 43.4. The van der Waals surface area contributed by atoms with Crippen molar-refractivity contribution in [2.24, 2.45) is 0 Å². The molecule has 0 saturated carbocycles. The first-order valence-electron chi connectivity index (χ1n) is 6.52. The molecule has 0 spiro atoms. The van der Waals surface area contributed by atoms with Gasteiger partial charge in [0.1, 0.15) is 0 Å². The maximum atomic E-state index is 12.6. The number of piperidine rings is 1. The molecule has 0 radical (unpaired) electrons. The van der Waals surface area contributed by atoms with E-state index >= 15 is 0 Å². The van der Waals surface area contributed by atoms with Crippen molar-refractivity contribution < 1.29 is 17.9 Å². The number of halogens is 3. The van der Waals surface area contributed by atoms with Gasteiger partial charge in [-0.2, -0.15) is 13.2 Å². The number of nitrogens with zero attached hydrogens (tertiary/aromatic N) is 1. The first-order valence-corrected chi connectivity index (χ1v) is 6.52. The van der Waals surface area contributed by atoms with Gasteiger partial charge in [0.2, 0.25) is 0 Å². The van der Waals surface area contributed by atoms with Gasteiger partial charge in [-0.1, -0.05) is 0 Å². The molecule has 1 saturated heterocycles. The van der Waals surface area contributed by atoms with Crippen LogP contribution in [0.5, 0.6) is 0 Å². The lowest BCUT2D eigenvalue weighted by atomic mass is 9.94. The normalized spacial score (nSPS) is 23.9. The Morgan fingerprint density at radius 2 is 2.05 bits per heavy atom. The van der Waals surface area contributed by atoms with Crippen molar-refractivity contribution in [2.45, 2.75) is 31.5 Å². The maximum absolute atomic E-state index is 12.6. The van der Waals surface area contributed by atoms with E-state index in [1.165, 1.54) is 6.07 Å². The van der Waals surface area contributed by atoms with Crippen molar-refractivity contribution in [1.29, 1.82) is 0 Å². The molecular weight excluding hydrogens is 269 g/mol. The number of anilines is 2. The topological polar surface area (TPSA) is 38.5 Å². The van der Waals surface area contributed by atoms with E-state index in [1.54, 1.807) is 7.11 Å². The largest absolute Gasteiger partial charge is 0.416 e. The van der Waals surface area contributed by atoms with Crippen molar-refractivity contribution in [1.82, 2.24) is 0 Å². The third-order valence-corrected chi connectivity index (χ3v) is 3.85. The van der Waals surface area contributed by atoms with Crippen molar-refractivity contribution >= 4 is 11.4 Å². The highest BCUT2D eigenvalue weighted by molar-refractivity contribution is 5.69. The molecule has 1 unspecified atom stereocenters. The summed E-state index contributed by atoms with van der Waals surface area (Å²) in [7, 11) is 1.65. The predicted octanol–water partition coefficient (Wildman–Crippen LogP) is 3.29. The van der Waals surface area contributed by atoms with Gasteiger partial charge in [-0.3, -0.25) is 0 Å². The fourth-order valence-electron chi connectivity index (χ4n) is 2.60. The molecule has 1 aromatic rings. The molecule has 2 rings (SSSR count). The van der Waals surface area contributed by atoms with Gasteiger partial charge in [0.05, 0.1) is 22.5 Å². The van der Waals surface area contributed by atoms with Crippen LogP contribution in [-0.2, 0) is 10.9 Å². The Bertz CT molecular complexity index is 490. The van der Waals surface area contributed by atoms with Crippen LogP contribution in [0.1, 0.15) is 25.3 Å². The second-order valence-corrected chi connectivity index (χ2v) is 5.45. The molecule has 0 bridgehead atoms. The number of nitrogens with two attached hydrogens (primary N) is 1. The molecule has 20 heavy (non-hydrogen) atoms. The SMILES string of the molecule is COC1(C)CCCN(c2ccc(C(F)(F)F)cc2N)C1. The highest BCUT2D eigenvalue weighted by atomic mass is 19.4. The highest BCUT2D eigenvalue weighted by Gasteiger charge is 2.33. The van der Waals surface area contributed by atoms with Gasteiger partial charge in [0.25, 0.3) is 0 Å². The van der Waals surface area contributed by atoms with Gasteiger partial charge in [0, 0.05) is 20.2 Å². The van der Waals surface area contributed by atoms with Crippen LogP contribution >= 0.6 is 0 Å². The molecule has 0 amide bonds. The number of hydrogen-bond acceptors (Lipinski definition) is 3. The predicted molar refractivity (Wildman–Crippen MR) is 72.7 cm³/mol. The van der Waals surface area contributed by atoms with Gasteiger partial charge in [-0.25, -0.2) is 0 Å². The van der Waals surface area contributed by atoms with Crippen LogP contribution in [0, 0.1) is 0 Å². The van der Waals surface area contributed by atoms with Crippen LogP contribution in [0.25, 0.3) is 0 Å². The summed E-state index contributed by atoms with van der Waals surface area (Å²) >= 11 is 0.